The van der Waals surface area contributed by atoms with Gasteiger partial charge >= 0.3 is 0 Å². The van der Waals surface area contributed by atoms with E-state index in [1.807, 2.05) is 29.7 Å². The van der Waals surface area contributed by atoms with Crippen LogP contribution in [0.25, 0.3) is 75.5 Å². The second-order valence-corrected chi connectivity index (χ2v) is 13.8. The van der Waals surface area contributed by atoms with Crippen LogP contribution in [0.1, 0.15) is 0 Å². The fourth-order valence-electron chi connectivity index (χ4n) is 7.03. The van der Waals surface area contributed by atoms with Crippen molar-refractivity contribution in [3.05, 3.63) is 170 Å². The number of fused-ring (bicyclic) bond motifs is 5. The Bertz CT molecular complexity index is 2780. The van der Waals surface area contributed by atoms with Gasteiger partial charge in [0.25, 0.3) is 0 Å². The first-order chi connectivity index (χ1) is 25.7. The predicted molar refractivity (Wildman–Crippen MR) is 214 cm³/mol. The number of hydrogen-bond acceptors (Lipinski definition) is 7. The maximum Gasteiger partial charge on any atom is 0.0935 e. The second kappa shape index (κ2) is 12.5. The zero-order chi connectivity index (χ0) is 34.4. The molecule has 0 bridgehead atoms. The molecule has 7 heteroatoms. The Morgan fingerprint density at radius 2 is 0.942 bits per heavy atom. The lowest BCUT2D eigenvalue weighted by Gasteiger charge is -2.26. The van der Waals surface area contributed by atoms with E-state index >= 15 is 0 Å². The summed E-state index contributed by atoms with van der Waals surface area (Å²) in [4.78, 5) is 7.18. The van der Waals surface area contributed by atoms with E-state index in [-0.39, 0.29) is 0 Å². The van der Waals surface area contributed by atoms with Crippen molar-refractivity contribution in [2.24, 2.45) is 0 Å². The van der Waals surface area contributed by atoms with Crippen LogP contribution in [0.5, 0.6) is 0 Å². The van der Waals surface area contributed by atoms with Crippen molar-refractivity contribution in [3.63, 3.8) is 0 Å². The van der Waals surface area contributed by atoms with Gasteiger partial charge in [0.05, 0.1) is 29.1 Å². The van der Waals surface area contributed by atoms with Crippen molar-refractivity contribution in [3.8, 4) is 33.5 Å². The largest absolute Gasteiger partial charge is 0.311 e. The minimum Gasteiger partial charge on any atom is -0.311 e. The lowest BCUT2D eigenvalue weighted by molar-refractivity contribution is 1.08. The number of aromatic nitrogens is 5. The highest BCUT2D eigenvalue weighted by molar-refractivity contribution is 7.25. The van der Waals surface area contributed by atoms with Crippen molar-refractivity contribution >= 4 is 70.4 Å². The number of thiophene rings is 1. The average Bonchev–Trinajstić information content (AvgIpc) is 3.61. The van der Waals surface area contributed by atoms with Crippen molar-refractivity contribution in [2.75, 3.05) is 4.90 Å². The molecule has 0 atom stereocenters. The number of nitrogens with zero attached hydrogens (tertiary/aromatic N) is 6. The SMILES string of the molecule is c1ccc2c(c1)sc1ccnc(-c3ccc(N(c4ccc(-c5ccc6ccnnc6c5)cc4)c4ccc(-c5ccc6ccnnc6c5)cc4)cc3)c12. The minimum absolute atomic E-state index is 0.880. The monoisotopic (exact) mass is 684 g/mol. The summed E-state index contributed by atoms with van der Waals surface area (Å²) in [5, 5.41) is 21.4. The molecule has 0 spiro atoms. The van der Waals surface area contributed by atoms with Crippen molar-refractivity contribution in [1.82, 2.24) is 25.4 Å². The van der Waals surface area contributed by atoms with E-state index in [2.05, 4.69) is 165 Å². The number of benzene rings is 6. The molecule has 52 heavy (non-hydrogen) atoms. The summed E-state index contributed by atoms with van der Waals surface area (Å²) in [5.41, 5.74) is 11.4. The van der Waals surface area contributed by atoms with E-state index < -0.39 is 0 Å². The normalized spacial score (nSPS) is 11.5. The fourth-order valence-corrected chi connectivity index (χ4v) is 8.13. The summed E-state index contributed by atoms with van der Waals surface area (Å²) in [7, 11) is 0. The smallest absolute Gasteiger partial charge is 0.0935 e. The molecule has 0 aliphatic carbocycles. The highest BCUT2D eigenvalue weighted by Crippen LogP contribution is 2.41. The van der Waals surface area contributed by atoms with Gasteiger partial charge in [-0.1, -0.05) is 78.9 Å². The quantitative estimate of drug-likeness (QED) is 0.174. The maximum atomic E-state index is 4.88. The zero-order valence-corrected chi connectivity index (χ0v) is 28.6. The van der Waals surface area contributed by atoms with E-state index in [1.54, 1.807) is 12.4 Å². The summed E-state index contributed by atoms with van der Waals surface area (Å²) >= 11 is 1.81. The third-order valence-corrected chi connectivity index (χ3v) is 10.8. The number of hydrogen-bond donors (Lipinski definition) is 0. The fraction of sp³-hybridized carbons (Fsp3) is 0. The van der Waals surface area contributed by atoms with Gasteiger partial charge < -0.3 is 4.90 Å². The summed E-state index contributed by atoms with van der Waals surface area (Å²) in [6.45, 7) is 0. The molecule has 4 aromatic heterocycles. The van der Waals surface area contributed by atoms with E-state index in [1.165, 1.54) is 20.2 Å². The molecule has 0 fully saturated rings. The Balaban J connectivity index is 1.04. The van der Waals surface area contributed by atoms with Crippen LogP contribution in [0.4, 0.5) is 17.1 Å². The van der Waals surface area contributed by atoms with E-state index in [9.17, 15) is 0 Å². The first kappa shape index (κ1) is 30.0. The Morgan fingerprint density at radius 1 is 0.423 bits per heavy atom. The average molecular weight is 685 g/mol. The minimum atomic E-state index is 0.880. The van der Waals surface area contributed by atoms with Gasteiger partial charge in [0, 0.05) is 59.8 Å². The molecule has 4 heterocycles. The van der Waals surface area contributed by atoms with Crippen molar-refractivity contribution in [1.29, 1.82) is 0 Å². The molecule has 0 unspecified atom stereocenters. The van der Waals surface area contributed by atoms with Crippen LogP contribution < -0.4 is 4.90 Å². The summed E-state index contributed by atoms with van der Waals surface area (Å²) < 4.78 is 2.52. The van der Waals surface area contributed by atoms with Gasteiger partial charge in [-0.25, -0.2) is 0 Å². The Kier molecular flexibility index (Phi) is 7.22. The highest BCUT2D eigenvalue weighted by Gasteiger charge is 2.16. The van der Waals surface area contributed by atoms with Gasteiger partial charge in [0.2, 0.25) is 0 Å². The van der Waals surface area contributed by atoms with Gasteiger partial charge in [-0.05, 0) is 95.1 Å². The van der Waals surface area contributed by atoms with Gasteiger partial charge in [-0.2, -0.15) is 20.4 Å². The lowest BCUT2D eigenvalue weighted by Crippen LogP contribution is -2.09. The molecule has 0 amide bonds. The molecule has 0 N–H and O–H groups in total. The summed E-state index contributed by atoms with van der Waals surface area (Å²) in [6, 6.07) is 53.5. The van der Waals surface area contributed by atoms with Crippen LogP contribution in [-0.2, 0) is 0 Å². The molecule has 0 aliphatic rings. The van der Waals surface area contributed by atoms with Gasteiger partial charge in [0.15, 0.2) is 0 Å². The van der Waals surface area contributed by atoms with Crippen LogP contribution in [0.3, 0.4) is 0 Å². The Morgan fingerprint density at radius 3 is 1.52 bits per heavy atom. The van der Waals surface area contributed by atoms with Crippen molar-refractivity contribution < 1.29 is 0 Å². The molecule has 0 saturated carbocycles. The molecule has 0 radical (unpaired) electrons. The molecule has 244 valence electrons. The van der Waals surface area contributed by atoms with Gasteiger partial charge in [-0.3, -0.25) is 4.98 Å². The summed E-state index contributed by atoms with van der Waals surface area (Å²) in [5.74, 6) is 0. The van der Waals surface area contributed by atoms with E-state index in [4.69, 9.17) is 4.98 Å². The van der Waals surface area contributed by atoms with E-state index in [0.29, 0.717) is 0 Å². The van der Waals surface area contributed by atoms with E-state index in [0.717, 1.165) is 72.4 Å². The molecule has 0 saturated heterocycles. The molecule has 6 nitrogen and oxygen atoms in total. The summed E-state index contributed by atoms with van der Waals surface area (Å²) in [6.07, 6.45) is 5.37. The van der Waals surface area contributed by atoms with Gasteiger partial charge in [-0.15, -0.1) is 11.3 Å². The maximum absolute atomic E-state index is 4.88. The number of anilines is 3. The van der Waals surface area contributed by atoms with Gasteiger partial charge in [0.1, 0.15) is 0 Å². The molecule has 10 rings (SSSR count). The molecule has 10 aromatic rings. The standard InChI is InChI=1S/C45H28N6S/c1-2-4-42-39(3-1)44-43(52-42)23-24-46-45(44)33-13-19-38(20-14-33)51(36-15-9-29(10-16-36)34-7-5-31-21-25-47-49-40(31)27-34)37-17-11-30(12-18-37)35-8-6-32-22-26-48-50-41(32)28-35/h1-28H. The zero-order valence-electron chi connectivity index (χ0n) is 27.8. The first-order valence-corrected chi connectivity index (χ1v) is 17.9. The topological polar surface area (TPSA) is 67.7 Å². The first-order valence-electron chi connectivity index (χ1n) is 17.1. The number of rotatable bonds is 6. The highest BCUT2D eigenvalue weighted by atomic mass is 32.1. The number of pyridine rings is 1. The molecular weight excluding hydrogens is 657 g/mol. The molecular formula is C45H28N6S. The Hall–Kier alpha value is -6.83. The lowest BCUT2D eigenvalue weighted by atomic mass is 10.0. The predicted octanol–water partition coefficient (Wildman–Crippen LogP) is 11.8. The van der Waals surface area contributed by atoms with Crippen LogP contribution >= 0.6 is 11.3 Å². The molecule has 6 aromatic carbocycles. The van der Waals surface area contributed by atoms with Crippen molar-refractivity contribution in [2.45, 2.75) is 0 Å². The van der Waals surface area contributed by atoms with Crippen LogP contribution in [0.2, 0.25) is 0 Å². The van der Waals surface area contributed by atoms with Crippen LogP contribution in [0.15, 0.2) is 170 Å². The third-order valence-electron chi connectivity index (χ3n) is 9.64. The second-order valence-electron chi connectivity index (χ2n) is 12.7. The van der Waals surface area contributed by atoms with Crippen LogP contribution in [-0.4, -0.2) is 25.4 Å². The van der Waals surface area contributed by atoms with Crippen LogP contribution in [0, 0.1) is 0 Å². The Labute approximate surface area is 303 Å². The molecule has 0 aliphatic heterocycles. The third kappa shape index (κ3) is 5.32.